The largest absolute Gasteiger partial charge is 0.367 e. The highest BCUT2D eigenvalue weighted by molar-refractivity contribution is 5.59. The van der Waals surface area contributed by atoms with E-state index in [9.17, 15) is 5.26 Å². The molecule has 1 fully saturated rings. The van der Waals surface area contributed by atoms with E-state index in [1.807, 2.05) is 53.5 Å². The Morgan fingerprint density at radius 2 is 1.65 bits per heavy atom. The molecule has 116 valence electrons. The van der Waals surface area contributed by atoms with Crippen LogP contribution in [0, 0.1) is 18.3 Å². The Bertz CT molecular complexity index is 722. The van der Waals surface area contributed by atoms with Crippen LogP contribution in [0.5, 0.6) is 0 Å². The number of benzene rings is 2. The number of hydrogen-bond acceptors (Lipinski definition) is 4. The number of para-hydroxylation sites is 1. The van der Waals surface area contributed by atoms with Gasteiger partial charge in [0.15, 0.2) is 0 Å². The Kier molecular flexibility index (Phi) is 4.53. The van der Waals surface area contributed by atoms with Gasteiger partial charge in [0.25, 0.3) is 0 Å². The van der Waals surface area contributed by atoms with E-state index in [2.05, 4.69) is 28.2 Å². The van der Waals surface area contributed by atoms with E-state index in [1.165, 1.54) is 5.56 Å². The summed E-state index contributed by atoms with van der Waals surface area (Å²) in [6, 6.07) is 18.0. The maximum Gasteiger partial charge on any atom is 0.101 e. The van der Waals surface area contributed by atoms with Crippen molar-refractivity contribution in [2.45, 2.75) is 6.92 Å². The van der Waals surface area contributed by atoms with Crippen LogP contribution in [0.1, 0.15) is 11.1 Å². The van der Waals surface area contributed by atoms with Crippen molar-refractivity contribution in [2.75, 3.05) is 31.1 Å². The lowest BCUT2D eigenvalue weighted by molar-refractivity contribution is 0.254. The summed E-state index contributed by atoms with van der Waals surface area (Å²) in [4.78, 5) is 2.23. The standard InChI is InChI=1S/C18H19N5/c1-15-6-8-17(9-7-15)20-21-23-12-10-22(11-13-23)18-5-3-2-4-16(18)14-19/h2-9H,10-13H2,1H3/b21-20+. The van der Waals surface area contributed by atoms with Crippen molar-refractivity contribution in [1.29, 1.82) is 5.26 Å². The van der Waals surface area contributed by atoms with Crippen molar-refractivity contribution in [3.63, 3.8) is 0 Å². The third-order valence-electron chi connectivity index (χ3n) is 3.94. The summed E-state index contributed by atoms with van der Waals surface area (Å²) < 4.78 is 0. The van der Waals surface area contributed by atoms with Crippen LogP contribution >= 0.6 is 0 Å². The molecule has 2 aromatic rings. The zero-order valence-electron chi connectivity index (χ0n) is 13.2. The minimum atomic E-state index is 0.724. The van der Waals surface area contributed by atoms with Crippen LogP contribution in [0.4, 0.5) is 11.4 Å². The summed E-state index contributed by atoms with van der Waals surface area (Å²) >= 11 is 0. The van der Waals surface area contributed by atoms with Gasteiger partial charge in [-0.3, -0.25) is 5.01 Å². The Morgan fingerprint density at radius 3 is 2.35 bits per heavy atom. The summed E-state index contributed by atoms with van der Waals surface area (Å²) in [6.45, 7) is 5.33. The average Bonchev–Trinajstić information content (AvgIpc) is 2.62. The van der Waals surface area contributed by atoms with Crippen LogP contribution in [-0.4, -0.2) is 31.2 Å². The summed E-state index contributed by atoms with van der Waals surface area (Å²) in [5, 5.41) is 19.8. The molecule has 0 radical (unpaired) electrons. The van der Waals surface area contributed by atoms with E-state index >= 15 is 0 Å². The van der Waals surface area contributed by atoms with Gasteiger partial charge in [-0.2, -0.15) is 5.26 Å². The fourth-order valence-corrected chi connectivity index (χ4v) is 2.60. The molecular formula is C18H19N5. The first-order valence-electron chi connectivity index (χ1n) is 7.73. The Morgan fingerprint density at radius 1 is 0.957 bits per heavy atom. The summed E-state index contributed by atoms with van der Waals surface area (Å²) in [5.74, 6) is 0. The van der Waals surface area contributed by atoms with E-state index in [-0.39, 0.29) is 0 Å². The molecule has 5 nitrogen and oxygen atoms in total. The molecule has 0 aromatic heterocycles. The van der Waals surface area contributed by atoms with Gasteiger partial charge >= 0.3 is 0 Å². The van der Waals surface area contributed by atoms with Gasteiger partial charge in [0.2, 0.25) is 0 Å². The fraction of sp³-hybridized carbons (Fsp3) is 0.278. The molecule has 3 rings (SSSR count). The average molecular weight is 305 g/mol. The molecule has 1 heterocycles. The third kappa shape index (κ3) is 3.67. The highest BCUT2D eigenvalue weighted by Crippen LogP contribution is 2.21. The minimum Gasteiger partial charge on any atom is -0.367 e. The smallest absolute Gasteiger partial charge is 0.101 e. The fourth-order valence-electron chi connectivity index (χ4n) is 2.60. The summed E-state index contributed by atoms with van der Waals surface area (Å²) in [5.41, 5.74) is 3.81. The number of piperazine rings is 1. The van der Waals surface area contributed by atoms with E-state index < -0.39 is 0 Å². The number of nitriles is 1. The SMILES string of the molecule is Cc1ccc(/N=N/N2CCN(c3ccccc3C#N)CC2)cc1. The predicted molar refractivity (Wildman–Crippen MR) is 90.6 cm³/mol. The van der Waals surface area contributed by atoms with Crippen molar-refractivity contribution in [1.82, 2.24) is 5.01 Å². The lowest BCUT2D eigenvalue weighted by Crippen LogP contribution is -2.44. The van der Waals surface area contributed by atoms with E-state index in [1.54, 1.807) is 0 Å². The number of aryl methyl sites for hydroxylation is 1. The maximum absolute atomic E-state index is 9.21. The van der Waals surface area contributed by atoms with Crippen LogP contribution in [0.3, 0.4) is 0 Å². The molecule has 5 heteroatoms. The monoisotopic (exact) mass is 305 g/mol. The van der Waals surface area contributed by atoms with Crippen LogP contribution in [0.15, 0.2) is 58.9 Å². The third-order valence-corrected chi connectivity index (χ3v) is 3.94. The van der Waals surface area contributed by atoms with Gasteiger partial charge < -0.3 is 4.90 Å². The highest BCUT2D eigenvalue weighted by atomic mass is 15.6. The summed E-state index contributed by atoms with van der Waals surface area (Å²) in [7, 11) is 0. The normalized spacial score (nSPS) is 15.0. The molecule has 0 spiro atoms. The molecule has 0 saturated carbocycles. The lowest BCUT2D eigenvalue weighted by Gasteiger charge is -2.34. The first-order chi connectivity index (χ1) is 11.3. The maximum atomic E-state index is 9.21. The molecule has 1 saturated heterocycles. The van der Waals surface area contributed by atoms with Gasteiger partial charge in [0.05, 0.1) is 30.0 Å². The molecule has 1 aliphatic heterocycles. The Balaban J connectivity index is 1.60. The molecule has 1 aliphatic rings. The van der Waals surface area contributed by atoms with E-state index in [0.717, 1.165) is 43.1 Å². The molecule has 2 aromatic carbocycles. The molecule has 0 aliphatic carbocycles. The molecule has 0 amide bonds. The predicted octanol–water partition coefficient (Wildman–Crippen LogP) is 3.69. The Labute approximate surface area is 136 Å². The van der Waals surface area contributed by atoms with Crippen LogP contribution in [0.2, 0.25) is 0 Å². The Hall–Kier alpha value is -2.87. The van der Waals surface area contributed by atoms with Crippen molar-refractivity contribution in [2.24, 2.45) is 10.3 Å². The summed E-state index contributed by atoms with van der Waals surface area (Å²) in [6.07, 6.45) is 0. The number of hydrogen-bond donors (Lipinski definition) is 0. The zero-order valence-corrected chi connectivity index (χ0v) is 13.2. The lowest BCUT2D eigenvalue weighted by atomic mass is 10.1. The van der Waals surface area contributed by atoms with Crippen LogP contribution in [-0.2, 0) is 0 Å². The van der Waals surface area contributed by atoms with Crippen molar-refractivity contribution in [3.05, 3.63) is 59.7 Å². The molecule has 0 bridgehead atoms. The van der Waals surface area contributed by atoms with Crippen molar-refractivity contribution in [3.8, 4) is 6.07 Å². The van der Waals surface area contributed by atoms with E-state index in [4.69, 9.17) is 0 Å². The zero-order chi connectivity index (χ0) is 16.1. The second kappa shape index (κ2) is 6.93. The van der Waals surface area contributed by atoms with Crippen molar-refractivity contribution >= 4 is 11.4 Å². The number of rotatable bonds is 3. The van der Waals surface area contributed by atoms with Gasteiger partial charge in [0.1, 0.15) is 6.07 Å². The van der Waals surface area contributed by atoms with Crippen LogP contribution in [0.25, 0.3) is 0 Å². The topological polar surface area (TPSA) is 55.0 Å². The quantitative estimate of drug-likeness (QED) is 0.813. The van der Waals surface area contributed by atoms with Gasteiger partial charge in [-0.1, -0.05) is 35.1 Å². The second-order valence-electron chi connectivity index (χ2n) is 5.59. The van der Waals surface area contributed by atoms with Gasteiger partial charge in [-0.05, 0) is 31.2 Å². The van der Waals surface area contributed by atoms with Gasteiger partial charge in [-0.15, -0.1) is 5.11 Å². The molecule has 0 unspecified atom stereocenters. The number of anilines is 1. The first-order valence-corrected chi connectivity index (χ1v) is 7.73. The molecule has 23 heavy (non-hydrogen) atoms. The van der Waals surface area contributed by atoms with Crippen LogP contribution < -0.4 is 4.90 Å². The first kappa shape index (κ1) is 15.0. The highest BCUT2D eigenvalue weighted by Gasteiger charge is 2.18. The molecule has 0 N–H and O–H groups in total. The van der Waals surface area contributed by atoms with Crippen molar-refractivity contribution < 1.29 is 0 Å². The second-order valence-corrected chi connectivity index (χ2v) is 5.59. The van der Waals surface area contributed by atoms with Gasteiger partial charge in [-0.25, -0.2) is 0 Å². The number of nitrogens with zero attached hydrogens (tertiary/aromatic N) is 5. The van der Waals surface area contributed by atoms with Gasteiger partial charge in [0, 0.05) is 13.1 Å². The molecule has 0 atom stereocenters. The minimum absolute atomic E-state index is 0.724. The van der Waals surface area contributed by atoms with E-state index in [0.29, 0.717) is 0 Å². The molecular weight excluding hydrogens is 286 g/mol.